The number of rotatable bonds is 5. The number of anilines is 1. The lowest BCUT2D eigenvalue weighted by Gasteiger charge is -2.35. The summed E-state index contributed by atoms with van der Waals surface area (Å²) in [5, 5.41) is 0.414. The van der Waals surface area contributed by atoms with Gasteiger partial charge in [-0.2, -0.15) is 0 Å². The summed E-state index contributed by atoms with van der Waals surface area (Å²) in [6.07, 6.45) is 3.06. The van der Waals surface area contributed by atoms with Gasteiger partial charge in [-0.25, -0.2) is 9.69 Å². The van der Waals surface area contributed by atoms with Crippen LogP contribution in [0, 0.1) is 11.8 Å². The van der Waals surface area contributed by atoms with Crippen LogP contribution in [0.3, 0.4) is 0 Å². The smallest absolute Gasteiger partial charge is 0.330 e. The quantitative estimate of drug-likeness (QED) is 0.215. The van der Waals surface area contributed by atoms with Crippen molar-refractivity contribution in [1.29, 1.82) is 0 Å². The number of imide groups is 1. The molecule has 6 nitrogen and oxygen atoms in total. The second-order valence-electron chi connectivity index (χ2n) is 10.5. The Kier molecular flexibility index (Phi) is 6.20. The lowest BCUT2D eigenvalue weighted by Crippen LogP contribution is -2.45. The van der Waals surface area contributed by atoms with Gasteiger partial charge in [0.05, 0.1) is 23.6 Å². The van der Waals surface area contributed by atoms with E-state index < -0.39 is 41.9 Å². The summed E-state index contributed by atoms with van der Waals surface area (Å²) < 4.78 is 6.28. The average Bonchev–Trinajstić information content (AvgIpc) is 3.48. The van der Waals surface area contributed by atoms with Crippen LogP contribution in [0.15, 0.2) is 115 Å². The number of hydrogen-bond acceptors (Lipinski definition) is 5. The monoisotopic (exact) mass is 560 g/mol. The second kappa shape index (κ2) is 10.1. The van der Waals surface area contributed by atoms with Gasteiger partial charge in [-0.05, 0) is 46.5 Å². The Morgan fingerprint density at radius 2 is 1.39 bits per heavy atom. The van der Waals surface area contributed by atoms with Crippen molar-refractivity contribution in [1.82, 2.24) is 4.90 Å². The topological polar surface area (TPSA) is 66.9 Å². The fraction of sp³-hybridized carbons (Fsp3) is 0.147. The zero-order chi connectivity index (χ0) is 28.1. The van der Waals surface area contributed by atoms with Gasteiger partial charge in [-0.3, -0.25) is 9.59 Å². The highest BCUT2D eigenvalue weighted by Gasteiger charge is 2.65. The molecule has 0 N–H and O–H groups in total. The number of ether oxygens (including phenoxy) is 1. The van der Waals surface area contributed by atoms with Crippen LogP contribution in [0.5, 0.6) is 0 Å². The molecule has 4 aromatic rings. The van der Waals surface area contributed by atoms with Gasteiger partial charge in [0.2, 0.25) is 11.8 Å². The maximum absolute atomic E-state index is 14.3. The van der Waals surface area contributed by atoms with E-state index >= 15 is 0 Å². The SMILES string of the molecule is O=C(OC(c1ccccc1)c1ccccc1)[C@H]1[C@H]2C(=O)N(c3cccc(Cl)c3)C(=O)[C@H]2C2c3ccccc3C=CN21. The van der Waals surface area contributed by atoms with Crippen molar-refractivity contribution < 1.29 is 19.1 Å². The lowest BCUT2D eigenvalue weighted by molar-refractivity contribution is -0.155. The van der Waals surface area contributed by atoms with Crippen molar-refractivity contribution in [3.8, 4) is 0 Å². The molecular formula is C34H25ClN2O4. The van der Waals surface area contributed by atoms with Crippen molar-refractivity contribution in [2.75, 3.05) is 4.90 Å². The summed E-state index contributed by atoms with van der Waals surface area (Å²) >= 11 is 6.23. The highest BCUT2D eigenvalue weighted by atomic mass is 35.5. The van der Waals surface area contributed by atoms with Gasteiger partial charge in [-0.15, -0.1) is 0 Å². The third-order valence-electron chi connectivity index (χ3n) is 8.21. The summed E-state index contributed by atoms with van der Waals surface area (Å²) in [5.41, 5.74) is 3.87. The number of nitrogens with zero attached hydrogens (tertiary/aromatic N) is 2. The van der Waals surface area contributed by atoms with E-state index in [4.69, 9.17) is 16.3 Å². The highest BCUT2D eigenvalue weighted by Crippen LogP contribution is 2.53. The van der Waals surface area contributed by atoms with E-state index in [2.05, 4.69) is 0 Å². The molecule has 0 radical (unpaired) electrons. The van der Waals surface area contributed by atoms with Crippen LogP contribution in [0.1, 0.15) is 34.4 Å². The summed E-state index contributed by atoms with van der Waals surface area (Å²) in [4.78, 5) is 45.5. The number of amides is 2. The highest BCUT2D eigenvalue weighted by molar-refractivity contribution is 6.31. The van der Waals surface area contributed by atoms with E-state index in [1.807, 2.05) is 102 Å². The first-order valence-corrected chi connectivity index (χ1v) is 13.9. The first-order valence-electron chi connectivity index (χ1n) is 13.5. The van der Waals surface area contributed by atoms with Crippen LogP contribution >= 0.6 is 11.6 Å². The number of fused-ring (bicyclic) bond motifs is 5. The predicted molar refractivity (Wildman–Crippen MR) is 156 cm³/mol. The maximum atomic E-state index is 14.3. The minimum atomic E-state index is -0.995. The largest absolute Gasteiger partial charge is 0.451 e. The van der Waals surface area contributed by atoms with Gasteiger partial charge >= 0.3 is 5.97 Å². The standard InChI is InChI=1S/C34H25ClN2O4/c35-24-15-9-16-25(20-24)37-32(38)27-28(33(37)39)30(36-19-18-21-10-7-8-17-26(21)29(27)36)34(40)41-31(22-11-3-1-4-12-22)23-13-5-2-6-14-23/h1-20,27-31H/t27-,28+,29?,30-/m1/s1. The molecule has 0 spiro atoms. The molecular weight excluding hydrogens is 536 g/mol. The summed E-state index contributed by atoms with van der Waals surface area (Å²) in [6.45, 7) is 0. The lowest BCUT2D eigenvalue weighted by atomic mass is 9.84. The molecule has 41 heavy (non-hydrogen) atoms. The molecule has 2 amide bonds. The number of carbonyl (C=O) groups excluding carboxylic acids is 3. The first-order chi connectivity index (χ1) is 20.0. The molecule has 202 valence electrons. The summed E-state index contributed by atoms with van der Waals surface area (Å²) in [7, 11) is 0. The van der Waals surface area contributed by atoms with Gasteiger partial charge in [0, 0.05) is 11.2 Å². The van der Waals surface area contributed by atoms with Crippen LogP contribution in [-0.4, -0.2) is 28.7 Å². The van der Waals surface area contributed by atoms with Gasteiger partial charge in [-0.1, -0.05) is 103 Å². The molecule has 3 aliphatic rings. The van der Waals surface area contributed by atoms with Crippen molar-refractivity contribution in [2.45, 2.75) is 18.2 Å². The Labute approximate surface area is 242 Å². The minimum absolute atomic E-state index is 0.347. The molecule has 0 bridgehead atoms. The van der Waals surface area contributed by atoms with E-state index in [1.165, 1.54) is 4.90 Å². The second-order valence-corrected chi connectivity index (χ2v) is 10.9. The van der Waals surface area contributed by atoms with E-state index in [1.54, 1.807) is 24.3 Å². The van der Waals surface area contributed by atoms with E-state index in [-0.39, 0.29) is 5.91 Å². The molecule has 1 unspecified atom stereocenters. The molecule has 0 saturated carbocycles. The Bertz CT molecular complexity index is 1650. The Morgan fingerprint density at radius 1 is 0.756 bits per heavy atom. The van der Waals surface area contributed by atoms with Gasteiger partial charge < -0.3 is 9.64 Å². The van der Waals surface area contributed by atoms with E-state index in [9.17, 15) is 14.4 Å². The molecule has 0 aromatic heterocycles. The first kappa shape index (κ1) is 25.3. The minimum Gasteiger partial charge on any atom is -0.451 e. The van der Waals surface area contributed by atoms with Crippen molar-refractivity contribution in [3.63, 3.8) is 0 Å². The number of hydrogen-bond donors (Lipinski definition) is 0. The summed E-state index contributed by atoms with van der Waals surface area (Å²) in [5.74, 6) is -3.03. The molecule has 3 aliphatic heterocycles. The van der Waals surface area contributed by atoms with Crippen molar-refractivity contribution in [3.05, 3.63) is 143 Å². The molecule has 7 rings (SSSR count). The van der Waals surface area contributed by atoms with E-state index in [0.717, 1.165) is 22.3 Å². The fourth-order valence-electron chi connectivity index (χ4n) is 6.47. The zero-order valence-corrected chi connectivity index (χ0v) is 22.6. The van der Waals surface area contributed by atoms with Crippen molar-refractivity contribution >= 4 is 41.1 Å². The summed E-state index contributed by atoms with van der Waals surface area (Å²) in [6, 6.07) is 32.0. The Balaban J connectivity index is 1.32. The third-order valence-corrected chi connectivity index (χ3v) is 8.44. The number of esters is 1. The van der Waals surface area contributed by atoms with Gasteiger partial charge in [0.1, 0.15) is 6.04 Å². The molecule has 4 atom stereocenters. The average molecular weight is 561 g/mol. The number of benzene rings is 4. The molecule has 0 aliphatic carbocycles. The normalized spacial score (nSPS) is 22.5. The molecule has 2 fully saturated rings. The number of carbonyl (C=O) groups is 3. The van der Waals surface area contributed by atoms with Gasteiger partial charge in [0.15, 0.2) is 6.10 Å². The van der Waals surface area contributed by atoms with Crippen molar-refractivity contribution in [2.24, 2.45) is 11.8 Å². The Hall–Kier alpha value is -4.68. The molecule has 3 heterocycles. The van der Waals surface area contributed by atoms with Crippen LogP contribution < -0.4 is 4.90 Å². The predicted octanol–water partition coefficient (Wildman–Crippen LogP) is 6.19. The molecule has 2 saturated heterocycles. The fourth-order valence-corrected chi connectivity index (χ4v) is 6.65. The van der Waals surface area contributed by atoms with E-state index in [0.29, 0.717) is 10.7 Å². The zero-order valence-electron chi connectivity index (χ0n) is 21.8. The Morgan fingerprint density at radius 3 is 2.07 bits per heavy atom. The van der Waals surface area contributed by atoms with Crippen LogP contribution in [0.2, 0.25) is 5.02 Å². The maximum Gasteiger partial charge on any atom is 0.330 e. The van der Waals surface area contributed by atoms with Crippen LogP contribution in [0.4, 0.5) is 5.69 Å². The van der Waals surface area contributed by atoms with Gasteiger partial charge in [0.25, 0.3) is 0 Å². The van der Waals surface area contributed by atoms with Crippen LogP contribution in [-0.2, 0) is 19.1 Å². The number of halogens is 1. The third kappa shape index (κ3) is 4.14. The van der Waals surface area contributed by atoms with Crippen LogP contribution in [0.25, 0.3) is 6.08 Å². The molecule has 4 aromatic carbocycles. The molecule has 7 heteroatoms.